The lowest BCUT2D eigenvalue weighted by molar-refractivity contribution is 0.103. The van der Waals surface area contributed by atoms with Gasteiger partial charge in [-0.3, -0.25) is 4.79 Å². The molecule has 2 aromatic carbocycles. The standard InChI is InChI=1S/C21H19BrFNO2S/c1-13(2)15-3-6-17(7-4-15)26-11-14-9-20(27-12-14)21(25)24-19-8-5-16(22)10-18(19)23/h3-10,12-13H,11H2,1-2H3,(H,24,25). The molecule has 0 saturated heterocycles. The first-order chi connectivity index (χ1) is 12.9. The fourth-order valence-electron chi connectivity index (χ4n) is 2.46. The maximum absolute atomic E-state index is 13.9. The molecule has 6 heteroatoms. The minimum Gasteiger partial charge on any atom is -0.489 e. The Morgan fingerprint density at radius 3 is 2.59 bits per heavy atom. The number of nitrogens with one attached hydrogen (secondary N) is 1. The van der Waals surface area contributed by atoms with Crippen molar-refractivity contribution in [2.24, 2.45) is 0 Å². The average Bonchev–Trinajstić information content (AvgIpc) is 3.12. The first kappa shape index (κ1) is 19.6. The predicted octanol–water partition coefficient (Wildman–Crippen LogP) is 6.60. The Kier molecular flexibility index (Phi) is 6.29. The van der Waals surface area contributed by atoms with E-state index in [0.29, 0.717) is 21.9 Å². The van der Waals surface area contributed by atoms with Crippen molar-refractivity contribution in [3.05, 3.63) is 80.2 Å². The second-order valence-electron chi connectivity index (χ2n) is 6.41. The zero-order chi connectivity index (χ0) is 19.4. The van der Waals surface area contributed by atoms with Crippen LogP contribution in [-0.4, -0.2) is 5.91 Å². The number of hydrogen-bond acceptors (Lipinski definition) is 3. The Balaban J connectivity index is 1.59. The molecule has 1 amide bonds. The van der Waals surface area contributed by atoms with Crippen LogP contribution in [0.25, 0.3) is 0 Å². The van der Waals surface area contributed by atoms with Gasteiger partial charge in [0, 0.05) is 10.0 Å². The van der Waals surface area contributed by atoms with Gasteiger partial charge >= 0.3 is 0 Å². The summed E-state index contributed by atoms with van der Waals surface area (Å²) in [5.41, 5.74) is 2.31. The van der Waals surface area contributed by atoms with Crippen molar-refractivity contribution in [1.29, 1.82) is 0 Å². The third-order valence-electron chi connectivity index (χ3n) is 4.01. The normalized spacial score (nSPS) is 10.9. The van der Waals surface area contributed by atoms with Crippen LogP contribution in [0.5, 0.6) is 5.75 Å². The summed E-state index contributed by atoms with van der Waals surface area (Å²) >= 11 is 4.50. The van der Waals surface area contributed by atoms with Gasteiger partial charge in [-0.05, 0) is 53.3 Å². The second-order valence-corrected chi connectivity index (χ2v) is 8.24. The van der Waals surface area contributed by atoms with Gasteiger partial charge in [-0.1, -0.05) is 41.9 Å². The van der Waals surface area contributed by atoms with E-state index in [0.717, 1.165) is 11.3 Å². The van der Waals surface area contributed by atoms with Gasteiger partial charge in [0.25, 0.3) is 5.91 Å². The van der Waals surface area contributed by atoms with Gasteiger partial charge < -0.3 is 10.1 Å². The molecule has 1 heterocycles. The molecule has 0 aliphatic carbocycles. The van der Waals surface area contributed by atoms with E-state index in [4.69, 9.17) is 4.74 Å². The summed E-state index contributed by atoms with van der Waals surface area (Å²) < 4.78 is 20.3. The van der Waals surface area contributed by atoms with Crippen LogP contribution in [-0.2, 0) is 6.61 Å². The molecule has 0 fully saturated rings. The Labute approximate surface area is 170 Å². The number of anilines is 1. The van der Waals surface area contributed by atoms with Gasteiger partial charge in [0.05, 0.1) is 10.6 Å². The molecule has 3 nitrogen and oxygen atoms in total. The first-order valence-electron chi connectivity index (χ1n) is 8.49. The average molecular weight is 448 g/mol. The summed E-state index contributed by atoms with van der Waals surface area (Å²) in [7, 11) is 0. The number of carbonyl (C=O) groups excluding carboxylic acids is 1. The van der Waals surface area contributed by atoms with E-state index in [1.54, 1.807) is 12.1 Å². The molecule has 0 spiro atoms. The Morgan fingerprint density at radius 2 is 1.93 bits per heavy atom. The number of ether oxygens (including phenoxy) is 1. The van der Waals surface area contributed by atoms with Gasteiger partial charge in [0.2, 0.25) is 0 Å². The number of halogens is 2. The number of thiophene rings is 1. The van der Waals surface area contributed by atoms with E-state index in [1.165, 1.54) is 29.0 Å². The van der Waals surface area contributed by atoms with Crippen molar-refractivity contribution in [1.82, 2.24) is 0 Å². The predicted molar refractivity (Wildman–Crippen MR) is 111 cm³/mol. The zero-order valence-corrected chi connectivity index (χ0v) is 17.4. The third kappa shape index (κ3) is 5.17. The molecular formula is C21H19BrFNO2S. The van der Waals surface area contributed by atoms with Crippen LogP contribution >= 0.6 is 27.3 Å². The second kappa shape index (κ2) is 8.67. The van der Waals surface area contributed by atoms with E-state index in [-0.39, 0.29) is 11.6 Å². The lowest BCUT2D eigenvalue weighted by Crippen LogP contribution is -2.11. The molecule has 0 saturated carbocycles. The third-order valence-corrected chi connectivity index (χ3v) is 5.48. The zero-order valence-electron chi connectivity index (χ0n) is 15.0. The van der Waals surface area contributed by atoms with E-state index in [2.05, 4.69) is 47.2 Å². The Morgan fingerprint density at radius 1 is 1.19 bits per heavy atom. The quantitative estimate of drug-likeness (QED) is 0.461. The Hall–Kier alpha value is -2.18. The van der Waals surface area contributed by atoms with Crippen LogP contribution in [0.1, 0.15) is 40.6 Å². The number of benzene rings is 2. The molecule has 1 N–H and O–H groups in total. The van der Waals surface area contributed by atoms with Crippen molar-refractivity contribution in [3.8, 4) is 5.75 Å². The number of carbonyl (C=O) groups is 1. The molecule has 0 aliphatic rings. The molecule has 3 aromatic rings. The fourth-order valence-corrected chi connectivity index (χ4v) is 3.59. The maximum Gasteiger partial charge on any atom is 0.265 e. The number of hydrogen-bond donors (Lipinski definition) is 1. The van der Waals surface area contributed by atoms with Crippen LogP contribution in [0.3, 0.4) is 0 Å². The summed E-state index contributed by atoms with van der Waals surface area (Å²) in [6.07, 6.45) is 0. The highest BCUT2D eigenvalue weighted by molar-refractivity contribution is 9.10. The van der Waals surface area contributed by atoms with Gasteiger partial charge in [0.15, 0.2) is 0 Å². The highest BCUT2D eigenvalue weighted by atomic mass is 79.9. The fraction of sp³-hybridized carbons (Fsp3) is 0.190. The lowest BCUT2D eigenvalue weighted by atomic mass is 10.0. The molecule has 1 aromatic heterocycles. The van der Waals surface area contributed by atoms with Crippen molar-refractivity contribution >= 4 is 38.9 Å². The van der Waals surface area contributed by atoms with Gasteiger partial charge in [0.1, 0.15) is 18.2 Å². The van der Waals surface area contributed by atoms with Gasteiger partial charge in [-0.25, -0.2) is 4.39 Å². The number of rotatable bonds is 6. The first-order valence-corrected chi connectivity index (χ1v) is 10.2. The molecule has 27 heavy (non-hydrogen) atoms. The van der Waals surface area contributed by atoms with Crippen LogP contribution in [0.4, 0.5) is 10.1 Å². The molecular weight excluding hydrogens is 429 g/mol. The van der Waals surface area contributed by atoms with Gasteiger partial charge in [-0.15, -0.1) is 11.3 Å². The molecule has 0 unspecified atom stereocenters. The minimum absolute atomic E-state index is 0.152. The topological polar surface area (TPSA) is 38.3 Å². The van der Waals surface area contributed by atoms with Crippen LogP contribution in [0.2, 0.25) is 0 Å². The van der Waals surface area contributed by atoms with Crippen molar-refractivity contribution in [2.75, 3.05) is 5.32 Å². The largest absolute Gasteiger partial charge is 0.489 e. The van der Waals surface area contributed by atoms with E-state index in [9.17, 15) is 9.18 Å². The Bertz CT molecular complexity index is 938. The lowest BCUT2D eigenvalue weighted by Gasteiger charge is -2.08. The van der Waals surface area contributed by atoms with E-state index >= 15 is 0 Å². The molecule has 140 valence electrons. The van der Waals surface area contributed by atoms with Crippen LogP contribution in [0, 0.1) is 5.82 Å². The minimum atomic E-state index is -0.484. The summed E-state index contributed by atoms with van der Waals surface area (Å²) in [5.74, 6) is 0.442. The summed E-state index contributed by atoms with van der Waals surface area (Å²) in [5, 5.41) is 4.46. The molecule has 0 bridgehead atoms. The monoisotopic (exact) mass is 447 g/mol. The van der Waals surface area contributed by atoms with E-state index in [1.807, 2.05) is 17.5 Å². The van der Waals surface area contributed by atoms with Crippen molar-refractivity contribution < 1.29 is 13.9 Å². The maximum atomic E-state index is 13.9. The molecule has 3 rings (SSSR count). The summed E-state index contributed by atoms with van der Waals surface area (Å²) in [6.45, 7) is 4.67. The molecule has 0 aliphatic heterocycles. The van der Waals surface area contributed by atoms with Crippen molar-refractivity contribution in [2.45, 2.75) is 26.4 Å². The summed E-state index contributed by atoms with van der Waals surface area (Å²) in [6, 6.07) is 14.3. The highest BCUT2D eigenvalue weighted by Crippen LogP contribution is 2.23. The van der Waals surface area contributed by atoms with Crippen LogP contribution in [0.15, 0.2) is 58.4 Å². The summed E-state index contributed by atoms with van der Waals surface area (Å²) in [4.78, 5) is 12.8. The molecule has 0 radical (unpaired) electrons. The van der Waals surface area contributed by atoms with E-state index < -0.39 is 5.82 Å². The molecule has 0 atom stereocenters. The number of amides is 1. The van der Waals surface area contributed by atoms with Gasteiger partial charge in [-0.2, -0.15) is 0 Å². The van der Waals surface area contributed by atoms with Crippen LogP contribution < -0.4 is 10.1 Å². The highest BCUT2D eigenvalue weighted by Gasteiger charge is 2.12. The SMILES string of the molecule is CC(C)c1ccc(OCc2csc(C(=O)Nc3ccc(Br)cc3F)c2)cc1. The van der Waals surface area contributed by atoms with Crippen molar-refractivity contribution in [3.63, 3.8) is 0 Å². The smallest absolute Gasteiger partial charge is 0.265 e.